The number of nitrogens with zero attached hydrogens (tertiary/aromatic N) is 1. The first-order valence-corrected chi connectivity index (χ1v) is 6.64. The van der Waals surface area contributed by atoms with E-state index in [0.29, 0.717) is 5.54 Å². The van der Waals surface area contributed by atoms with Gasteiger partial charge in [-0.3, -0.25) is 4.90 Å². The van der Waals surface area contributed by atoms with Gasteiger partial charge in [0.15, 0.2) is 0 Å². The molecule has 0 aromatic rings. The van der Waals surface area contributed by atoms with Gasteiger partial charge in [-0.15, -0.1) is 0 Å². The number of hydrogen-bond donors (Lipinski definition) is 1. The van der Waals surface area contributed by atoms with Crippen LogP contribution in [0.5, 0.6) is 0 Å². The Hall–Kier alpha value is -0.0800. The van der Waals surface area contributed by atoms with Crippen LogP contribution in [0.1, 0.15) is 75.7 Å². The Kier molecular flexibility index (Phi) is 12.9. The number of likely N-dealkylation sites (tertiary alicyclic amines) is 1. The maximum Gasteiger partial charge on any atom is 0.0125 e. The second-order valence-corrected chi connectivity index (χ2v) is 6.23. The second kappa shape index (κ2) is 9.90. The highest BCUT2D eigenvalue weighted by atomic mass is 15.2. The molecule has 0 aromatic heterocycles. The first-order valence-electron chi connectivity index (χ1n) is 6.64. The molecule has 0 aliphatic carbocycles. The molecule has 2 heteroatoms. The number of nitrogens with two attached hydrogens (primary N) is 1. The van der Waals surface area contributed by atoms with Gasteiger partial charge in [0.25, 0.3) is 0 Å². The molecule has 0 saturated carbocycles. The summed E-state index contributed by atoms with van der Waals surface area (Å²) < 4.78 is 0. The van der Waals surface area contributed by atoms with E-state index in [2.05, 4.69) is 25.7 Å². The Balaban J connectivity index is -0.000000213. The van der Waals surface area contributed by atoms with Gasteiger partial charge in [-0.05, 0) is 67.5 Å². The van der Waals surface area contributed by atoms with Crippen LogP contribution in [0.3, 0.4) is 0 Å². The van der Waals surface area contributed by atoms with Crippen molar-refractivity contribution in [3.8, 4) is 0 Å². The van der Waals surface area contributed by atoms with Gasteiger partial charge in [0.1, 0.15) is 0 Å². The third-order valence-corrected chi connectivity index (χ3v) is 2.05. The van der Waals surface area contributed by atoms with E-state index in [1.165, 1.54) is 25.9 Å². The molecular weight excluding hydrogens is 208 g/mol. The number of hydrogen-bond acceptors (Lipinski definition) is 2. The average molecular weight is 246 g/mol. The van der Waals surface area contributed by atoms with E-state index >= 15 is 0 Å². The van der Waals surface area contributed by atoms with Crippen molar-refractivity contribution in [2.75, 3.05) is 13.1 Å². The summed E-state index contributed by atoms with van der Waals surface area (Å²) in [5.74, 6) is 0. The molecule has 108 valence electrons. The molecule has 1 fully saturated rings. The zero-order valence-electron chi connectivity index (χ0n) is 12.9. The Morgan fingerprint density at radius 3 is 1.18 bits per heavy atom. The third kappa shape index (κ3) is 18.5. The van der Waals surface area contributed by atoms with Crippen LogP contribution in [0.2, 0.25) is 0 Å². The van der Waals surface area contributed by atoms with E-state index in [9.17, 15) is 0 Å². The fraction of sp³-hybridized carbons (Fsp3) is 1.00. The molecule has 0 radical (unpaired) electrons. The van der Waals surface area contributed by atoms with Gasteiger partial charge in [-0.25, -0.2) is 0 Å². The van der Waals surface area contributed by atoms with Crippen molar-refractivity contribution in [3.63, 3.8) is 0 Å². The van der Waals surface area contributed by atoms with Crippen LogP contribution >= 0.6 is 0 Å². The van der Waals surface area contributed by atoms with Crippen LogP contribution in [0, 0.1) is 0 Å². The quantitative estimate of drug-likeness (QED) is 0.691. The summed E-state index contributed by atoms with van der Waals surface area (Å²) in [4.78, 5) is 2.55. The van der Waals surface area contributed by atoms with E-state index in [0.717, 1.165) is 0 Å². The lowest BCUT2D eigenvalue weighted by Gasteiger charge is -2.31. The lowest BCUT2D eigenvalue weighted by molar-refractivity contribution is 0.175. The molecule has 1 saturated heterocycles. The molecule has 0 amide bonds. The molecule has 0 atom stereocenters. The second-order valence-electron chi connectivity index (χ2n) is 6.23. The molecule has 1 rings (SSSR count). The van der Waals surface area contributed by atoms with Crippen LogP contribution < -0.4 is 5.73 Å². The van der Waals surface area contributed by atoms with Crippen molar-refractivity contribution >= 4 is 0 Å². The van der Waals surface area contributed by atoms with Crippen molar-refractivity contribution in [1.82, 2.24) is 4.90 Å². The van der Waals surface area contributed by atoms with E-state index in [-0.39, 0.29) is 13.0 Å². The Bertz CT molecular complexity index is 139. The van der Waals surface area contributed by atoms with Crippen LogP contribution in [0.25, 0.3) is 0 Å². The lowest BCUT2D eigenvalue weighted by Crippen LogP contribution is -2.38. The zero-order valence-corrected chi connectivity index (χ0v) is 12.9. The van der Waals surface area contributed by atoms with E-state index in [1.54, 1.807) is 0 Å². The maximum absolute atomic E-state index is 5.35. The maximum atomic E-state index is 5.35. The minimum Gasteiger partial charge on any atom is -0.326 e. The molecule has 1 heterocycles. The van der Waals surface area contributed by atoms with Gasteiger partial charge >= 0.3 is 0 Å². The molecule has 0 unspecified atom stereocenters. The van der Waals surface area contributed by atoms with Gasteiger partial charge in [-0.1, -0.05) is 21.3 Å². The van der Waals surface area contributed by atoms with E-state index in [4.69, 9.17) is 5.73 Å². The summed E-state index contributed by atoms with van der Waals surface area (Å²) in [7, 11) is 0. The van der Waals surface area contributed by atoms with Crippen LogP contribution in [0.4, 0.5) is 0 Å². The molecule has 2 N–H and O–H groups in total. The van der Waals surface area contributed by atoms with Crippen molar-refractivity contribution in [1.29, 1.82) is 0 Å². The Morgan fingerprint density at radius 1 is 0.824 bits per heavy atom. The molecule has 1 aliphatic rings. The average Bonchev–Trinajstić information content (AvgIpc) is 2.55. The lowest BCUT2D eigenvalue weighted by atomic mass is 10.1. The minimum atomic E-state index is 0. The molecule has 0 aromatic carbocycles. The predicted octanol–water partition coefficient (Wildman–Crippen LogP) is 4.29. The SMILES string of the molecule is C.CC.CC(C)(C)N.CC(C)(C)N1CCCC1. The van der Waals surface area contributed by atoms with Crippen LogP contribution in [-0.4, -0.2) is 29.1 Å². The Morgan fingerprint density at radius 2 is 1.06 bits per heavy atom. The van der Waals surface area contributed by atoms with Gasteiger partial charge in [0.2, 0.25) is 0 Å². The topological polar surface area (TPSA) is 29.3 Å². The van der Waals surface area contributed by atoms with Crippen LogP contribution in [-0.2, 0) is 0 Å². The van der Waals surface area contributed by atoms with E-state index < -0.39 is 0 Å². The first kappa shape index (κ1) is 22.1. The smallest absolute Gasteiger partial charge is 0.0125 e. The summed E-state index contributed by atoms with van der Waals surface area (Å²) in [5.41, 5.74) is 5.77. The van der Waals surface area contributed by atoms with E-state index in [1.807, 2.05) is 34.6 Å². The number of rotatable bonds is 0. The van der Waals surface area contributed by atoms with Crippen molar-refractivity contribution in [2.24, 2.45) is 5.73 Å². The molecule has 2 nitrogen and oxygen atoms in total. The van der Waals surface area contributed by atoms with Crippen molar-refractivity contribution in [3.05, 3.63) is 0 Å². The van der Waals surface area contributed by atoms with Crippen LogP contribution in [0.15, 0.2) is 0 Å². The highest BCUT2D eigenvalue weighted by Crippen LogP contribution is 2.19. The third-order valence-electron chi connectivity index (χ3n) is 2.05. The zero-order chi connectivity index (χ0) is 13.4. The molecule has 1 aliphatic heterocycles. The fourth-order valence-electron chi connectivity index (χ4n) is 1.39. The Labute approximate surface area is 111 Å². The molecule has 0 bridgehead atoms. The summed E-state index contributed by atoms with van der Waals surface area (Å²) in [6, 6.07) is 0. The summed E-state index contributed by atoms with van der Waals surface area (Å²) in [5, 5.41) is 0. The van der Waals surface area contributed by atoms with Gasteiger partial charge in [-0.2, -0.15) is 0 Å². The predicted molar refractivity (Wildman–Crippen MR) is 82.6 cm³/mol. The first-order chi connectivity index (χ1) is 7.11. The summed E-state index contributed by atoms with van der Waals surface area (Å²) in [6.45, 7) is 19.4. The molecular formula is C15H38N2. The largest absolute Gasteiger partial charge is 0.326 e. The summed E-state index contributed by atoms with van der Waals surface area (Å²) >= 11 is 0. The molecule has 17 heavy (non-hydrogen) atoms. The minimum absolute atomic E-state index is 0. The monoisotopic (exact) mass is 246 g/mol. The van der Waals surface area contributed by atoms with Crippen molar-refractivity contribution < 1.29 is 0 Å². The normalized spacial score (nSPS) is 16.1. The summed E-state index contributed by atoms with van der Waals surface area (Å²) in [6.07, 6.45) is 2.80. The highest BCUT2D eigenvalue weighted by molar-refractivity contribution is 4.79. The van der Waals surface area contributed by atoms with Gasteiger partial charge < -0.3 is 5.73 Å². The van der Waals surface area contributed by atoms with Crippen molar-refractivity contribution in [2.45, 2.75) is 86.7 Å². The highest BCUT2D eigenvalue weighted by Gasteiger charge is 2.23. The fourth-order valence-corrected chi connectivity index (χ4v) is 1.39. The molecule has 0 spiro atoms. The standard InChI is InChI=1S/C8H17N.C4H11N.C2H6.CH4/c1-8(2,3)9-6-4-5-7-9;1-4(2,3)5;1-2;/h4-7H2,1-3H3;5H2,1-3H3;1-2H3;1H4. The van der Waals surface area contributed by atoms with Gasteiger partial charge in [0, 0.05) is 11.1 Å². The van der Waals surface area contributed by atoms with Gasteiger partial charge in [0.05, 0.1) is 0 Å².